The first-order chi connectivity index (χ1) is 11.1. The molecule has 1 fully saturated rings. The molecule has 4 heteroatoms. The number of rotatable bonds is 0. The average molecular weight is 329 g/mol. The van der Waals surface area contributed by atoms with Crippen molar-refractivity contribution >= 4 is 11.7 Å². The molecule has 0 atom stereocenters. The number of benzene rings is 1. The van der Waals surface area contributed by atoms with Gasteiger partial charge in [0.2, 0.25) is 5.91 Å². The van der Waals surface area contributed by atoms with Crippen LogP contribution in [0.15, 0.2) is 12.1 Å². The lowest BCUT2D eigenvalue weighted by Gasteiger charge is -2.45. The quantitative estimate of drug-likeness (QED) is 0.729. The fourth-order valence-corrected chi connectivity index (χ4v) is 3.62. The standard InChI is InChI=1S/C20H27NO3/c1-13-10-15-16(22)12-20(24-17(15)11-14(13)2)6-8-21(9-7-20)18(23)19(3,4)5/h10-11H,6-9,12H2,1-5H3. The number of ketones is 1. The van der Waals surface area contributed by atoms with E-state index in [9.17, 15) is 9.59 Å². The van der Waals surface area contributed by atoms with Crippen molar-refractivity contribution in [1.29, 1.82) is 0 Å². The SMILES string of the molecule is Cc1cc2c(cc1C)C(=O)CC1(CCN(C(=O)C(C)(C)C)CC1)O2. The zero-order chi connectivity index (χ0) is 17.7. The lowest BCUT2D eigenvalue weighted by Crippen LogP contribution is -2.54. The number of Topliss-reactive ketones (excluding diaryl/α,β-unsaturated/α-hetero) is 1. The molecule has 2 aliphatic rings. The minimum Gasteiger partial charge on any atom is -0.486 e. The van der Waals surface area contributed by atoms with Crippen molar-refractivity contribution < 1.29 is 14.3 Å². The van der Waals surface area contributed by atoms with E-state index in [0.717, 1.165) is 11.1 Å². The monoisotopic (exact) mass is 329 g/mol. The smallest absolute Gasteiger partial charge is 0.227 e. The third-order valence-corrected chi connectivity index (χ3v) is 5.31. The van der Waals surface area contributed by atoms with Gasteiger partial charge in [0.1, 0.15) is 11.4 Å². The van der Waals surface area contributed by atoms with E-state index >= 15 is 0 Å². The molecule has 0 unspecified atom stereocenters. The van der Waals surface area contributed by atoms with Gasteiger partial charge in [-0.1, -0.05) is 20.8 Å². The van der Waals surface area contributed by atoms with Crippen LogP contribution in [0.4, 0.5) is 0 Å². The maximum absolute atomic E-state index is 12.6. The zero-order valence-electron chi connectivity index (χ0n) is 15.4. The van der Waals surface area contributed by atoms with Crippen LogP contribution in [-0.2, 0) is 4.79 Å². The van der Waals surface area contributed by atoms with Gasteiger partial charge < -0.3 is 9.64 Å². The molecule has 1 spiro atoms. The Morgan fingerprint density at radius 1 is 1.12 bits per heavy atom. The van der Waals surface area contributed by atoms with Crippen LogP contribution >= 0.6 is 0 Å². The minimum atomic E-state index is -0.444. The van der Waals surface area contributed by atoms with Crippen LogP contribution in [0.5, 0.6) is 5.75 Å². The molecule has 0 bridgehead atoms. The molecule has 0 aliphatic carbocycles. The van der Waals surface area contributed by atoms with E-state index < -0.39 is 5.60 Å². The highest BCUT2D eigenvalue weighted by molar-refractivity contribution is 6.00. The molecule has 2 heterocycles. The summed E-state index contributed by atoms with van der Waals surface area (Å²) in [7, 11) is 0. The number of carbonyl (C=O) groups is 2. The van der Waals surface area contributed by atoms with Gasteiger partial charge in [-0.15, -0.1) is 0 Å². The van der Waals surface area contributed by atoms with E-state index in [4.69, 9.17) is 4.74 Å². The van der Waals surface area contributed by atoms with Crippen molar-refractivity contribution in [3.8, 4) is 5.75 Å². The van der Waals surface area contributed by atoms with Crippen LogP contribution in [0.25, 0.3) is 0 Å². The molecular weight excluding hydrogens is 302 g/mol. The number of piperidine rings is 1. The van der Waals surface area contributed by atoms with Gasteiger partial charge in [-0.05, 0) is 37.1 Å². The van der Waals surface area contributed by atoms with E-state index in [2.05, 4.69) is 0 Å². The van der Waals surface area contributed by atoms with E-state index in [0.29, 0.717) is 43.7 Å². The van der Waals surface area contributed by atoms with Crippen molar-refractivity contribution in [2.75, 3.05) is 13.1 Å². The number of aryl methyl sites for hydroxylation is 2. The maximum atomic E-state index is 12.6. The molecule has 24 heavy (non-hydrogen) atoms. The van der Waals surface area contributed by atoms with Crippen LogP contribution in [0.1, 0.15) is 61.5 Å². The van der Waals surface area contributed by atoms with Gasteiger partial charge in [-0.3, -0.25) is 9.59 Å². The lowest BCUT2D eigenvalue weighted by molar-refractivity contribution is -0.143. The number of amides is 1. The lowest BCUT2D eigenvalue weighted by atomic mass is 9.81. The van der Waals surface area contributed by atoms with Gasteiger partial charge in [-0.25, -0.2) is 0 Å². The van der Waals surface area contributed by atoms with E-state index in [-0.39, 0.29) is 17.1 Å². The molecule has 1 aromatic carbocycles. The summed E-state index contributed by atoms with van der Waals surface area (Å²) in [5.41, 5.74) is 2.15. The first-order valence-corrected chi connectivity index (χ1v) is 8.74. The van der Waals surface area contributed by atoms with Crippen molar-refractivity contribution in [3.05, 3.63) is 28.8 Å². The van der Waals surface area contributed by atoms with Gasteiger partial charge >= 0.3 is 0 Å². The summed E-state index contributed by atoms with van der Waals surface area (Å²) < 4.78 is 6.32. The highest BCUT2D eigenvalue weighted by Crippen LogP contribution is 2.40. The second-order valence-corrected chi connectivity index (χ2v) is 8.36. The summed E-state index contributed by atoms with van der Waals surface area (Å²) in [6.45, 7) is 11.2. The fraction of sp³-hybridized carbons (Fsp3) is 0.600. The number of carbonyl (C=O) groups excluding carboxylic acids is 2. The van der Waals surface area contributed by atoms with Crippen molar-refractivity contribution in [2.24, 2.45) is 5.41 Å². The van der Waals surface area contributed by atoms with E-state index in [1.807, 2.05) is 51.7 Å². The molecular formula is C20H27NO3. The zero-order valence-corrected chi connectivity index (χ0v) is 15.4. The molecule has 0 N–H and O–H groups in total. The van der Waals surface area contributed by atoms with Crippen LogP contribution in [0, 0.1) is 19.3 Å². The van der Waals surface area contributed by atoms with Crippen LogP contribution in [0.3, 0.4) is 0 Å². The number of nitrogens with zero attached hydrogens (tertiary/aromatic N) is 1. The topological polar surface area (TPSA) is 46.6 Å². The third kappa shape index (κ3) is 2.94. The van der Waals surface area contributed by atoms with Gasteiger partial charge in [-0.2, -0.15) is 0 Å². The molecule has 4 nitrogen and oxygen atoms in total. The molecule has 1 aromatic rings. The number of ether oxygens (including phenoxy) is 1. The minimum absolute atomic E-state index is 0.162. The van der Waals surface area contributed by atoms with Gasteiger partial charge in [0.25, 0.3) is 0 Å². The normalized spacial score (nSPS) is 19.9. The average Bonchev–Trinajstić information content (AvgIpc) is 2.49. The van der Waals surface area contributed by atoms with Crippen LogP contribution in [-0.4, -0.2) is 35.3 Å². The number of hydrogen-bond acceptors (Lipinski definition) is 3. The van der Waals surface area contributed by atoms with E-state index in [1.54, 1.807) is 0 Å². The molecule has 1 saturated heterocycles. The summed E-state index contributed by atoms with van der Waals surface area (Å²) in [4.78, 5) is 27.0. The Hall–Kier alpha value is -1.84. The molecule has 1 amide bonds. The molecule has 0 aromatic heterocycles. The Kier molecular flexibility index (Phi) is 3.97. The van der Waals surface area contributed by atoms with Crippen molar-refractivity contribution in [3.63, 3.8) is 0 Å². The Labute approximate surface area is 144 Å². The first-order valence-electron chi connectivity index (χ1n) is 8.74. The Morgan fingerprint density at radius 3 is 2.29 bits per heavy atom. The highest BCUT2D eigenvalue weighted by Gasteiger charge is 2.44. The highest BCUT2D eigenvalue weighted by atomic mass is 16.5. The largest absolute Gasteiger partial charge is 0.486 e. The summed E-state index contributed by atoms with van der Waals surface area (Å²) in [5, 5.41) is 0. The second-order valence-electron chi connectivity index (χ2n) is 8.36. The summed E-state index contributed by atoms with van der Waals surface area (Å²) in [6, 6.07) is 3.92. The predicted octanol–water partition coefficient (Wildman–Crippen LogP) is 3.68. The summed E-state index contributed by atoms with van der Waals surface area (Å²) in [5.74, 6) is 1.05. The molecule has 0 radical (unpaired) electrons. The third-order valence-electron chi connectivity index (χ3n) is 5.31. The molecule has 0 saturated carbocycles. The molecule has 130 valence electrons. The Bertz CT molecular complexity index is 692. The molecule has 3 rings (SSSR count). The van der Waals surface area contributed by atoms with Gasteiger partial charge in [0, 0.05) is 31.3 Å². The summed E-state index contributed by atoms with van der Waals surface area (Å²) >= 11 is 0. The van der Waals surface area contributed by atoms with Crippen molar-refractivity contribution in [2.45, 2.75) is 59.5 Å². The number of fused-ring (bicyclic) bond motifs is 1. The fourth-order valence-electron chi connectivity index (χ4n) is 3.62. The second kappa shape index (κ2) is 5.61. The van der Waals surface area contributed by atoms with Crippen LogP contribution in [0.2, 0.25) is 0 Å². The molecule has 2 aliphatic heterocycles. The van der Waals surface area contributed by atoms with E-state index in [1.165, 1.54) is 0 Å². The first kappa shape index (κ1) is 17.0. The van der Waals surface area contributed by atoms with Gasteiger partial charge in [0.05, 0.1) is 12.0 Å². The van der Waals surface area contributed by atoms with Gasteiger partial charge in [0.15, 0.2) is 5.78 Å². The number of likely N-dealkylation sites (tertiary alicyclic amines) is 1. The number of hydrogen-bond donors (Lipinski definition) is 0. The van der Waals surface area contributed by atoms with Crippen LogP contribution < -0.4 is 4.74 Å². The Balaban J connectivity index is 1.79. The Morgan fingerprint density at radius 2 is 1.71 bits per heavy atom. The predicted molar refractivity (Wildman–Crippen MR) is 93.5 cm³/mol. The summed E-state index contributed by atoms with van der Waals surface area (Å²) in [6.07, 6.45) is 1.85. The maximum Gasteiger partial charge on any atom is 0.227 e. The van der Waals surface area contributed by atoms with Crippen molar-refractivity contribution in [1.82, 2.24) is 4.90 Å².